The highest BCUT2D eigenvalue weighted by atomic mass is 16.5. The van der Waals surface area contributed by atoms with Gasteiger partial charge in [-0.3, -0.25) is 9.59 Å². The third-order valence-electron chi connectivity index (χ3n) is 5.63. The summed E-state index contributed by atoms with van der Waals surface area (Å²) in [4.78, 5) is 25.9. The molecule has 2 heterocycles. The standard InChI is InChI=1S/C26H30N4O5/c1-5-33-21-12-17(13-22(34-6-2)25(21)35-7-3)14-27-23(31)16-30-20-11-9-8-10-18(20)19-15-28-29(4)26(32)24(19)30/h8-13,15H,5-7,14,16H2,1-4H3,(H,27,31). The van der Waals surface area contributed by atoms with E-state index in [1.807, 2.05) is 57.2 Å². The molecule has 1 N–H and O–H groups in total. The van der Waals surface area contributed by atoms with Crippen LogP contribution in [0.4, 0.5) is 0 Å². The number of para-hydroxylation sites is 1. The van der Waals surface area contributed by atoms with E-state index in [1.54, 1.807) is 17.8 Å². The second-order valence-corrected chi connectivity index (χ2v) is 7.94. The van der Waals surface area contributed by atoms with Crippen LogP contribution in [0.5, 0.6) is 17.2 Å². The summed E-state index contributed by atoms with van der Waals surface area (Å²) in [7, 11) is 1.60. The molecule has 0 saturated carbocycles. The Morgan fingerprint density at radius 2 is 1.63 bits per heavy atom. The number of nitrogens with zero attached hydrogens (tertiary/aromatic N) is 3. The Kier molecular flexibility index (Phi) is 7.24. The first-order valence-corrected chi connectivity index (χ1v) is 11.7. The van der Waals surface area contributed by atoms with Crippen molar-refractivity contribution in [3.63, 3.8) is 0 Å². The number of carbonyl (C=O) groups excluding carboxylic acids is 1. The molecule has 2 aromatic carbocycles. The van der Waals surface area contributed by atoms with Gasteiger partial charge >= 0.3 is 0 Å². The summed E-state index contributed by atoms with van der Waals surface area (Å²) in [6, 6.07) is 11.3. The topological polar surface area (TPSA) is 96.6 Å². The maximum atomic E-state index is 13.0. The number of rotatable bonds is 10. The van der Waals surface area contributed by atoms with E-state index in [2.05, 4.69) is 10.4 Å². The van der Waals surface area contributed by atoms with Crippen molar-refractivity contribution in [2.24, 2.45) is 7.05 Å². The summed E-state index contributed by atoms with van der Waals surface area (Å²) >= 11 is 0. The van der Waals surface area contributed by atoms with Gasteiger partial charge < -0.3 is 24.1 Å². The number of carbonyl (C=O) groups is 1. The van der Waals surface area contributed by atoms with Crippen molar-refractivity contribution in [2.45, 2.75) is 33.9 Å². The lowest BCUT2D eigenvalue weighted by molar-refractivity contribution is -0.121. The zero-order chi connectivity index (χ0) is 24.9. The molecule has 0 aliphatic carbocycles. The minimum absolute atomic E-state index is 0.00305. The predicted molar refractivity (Wildman–Crippen MR) is 134 cm³/mol. The molecule has 0 saturated heterocycles. The van der Waals surface area contributed by atoms with E-state index in [0.29, 0.717) is 42.6 Å². The van der Waals surface area contributed by atoms with Crippen LogP contribution in [0.2, 0.25) is 0 Å². The summed E-state index contributed by atoms with van der Waals surface area (Å²) in [6.45, 7) is 7.38. The van der Waals surface area contributed by atoms with Gasteiger partial charge in [0.2, 0.25) is 11.7 Å². The summed E-state index contributed by atoms with van der Waals surface area (Å²) in [5.74, 6) is 1.48. The zero-order valence-electron chi connectivity index (χ0n) is 20.5. The van der Waals surface area contributed by atoms with Crippen molar-refractivity contribution < 1.29 is 19.0 Å². The Bertz CT molecular complexity index is 1400. The number of fused-ring (bicyclic) bond motifs is 3. The highest BCUT2D eigenvalue weighted by Crippen LogP contribution is 2.39. The number of hydrogen-bond acceptors (Lipinski definition) is 6. The number of hydrogen-bond donors (Lipinski definition) is 1. The molecule has 35 heavy (non-hydrogen) atoms. The second-order valence-electron chi connectivity index (χ2n) is 7.94. The number of ether oxygens (including phenoxy) is 3. The van der Waals surface area contributed by atoms with Gasteiger partial charge in [-0.05, 0) is 44.5 Å². The maximum Gasteiger partial charge on any atom is 0.291 e. The molecule has 4 rings (SSSR count). The number of amides is 1. The van der Waals surface area contributed by atoms with Crippen LogP contribution in [0.15, 0.2) is 47.4 Å². The first-order chi connectivity index (χ1) is 17.0. The van der Waals surface area contributed by atoms with Crippen molar-refractivity contribution in [3.05, 3.63) is 58.5 Å². The highest BCUT2D eigenvalue weighted by Gasteiger charge is 2.18. The van der Waals surface area contributed by atoms with Crippen molar-refractivity contribution in [3.8, 4) is 17.2 Å². The molecule has 0 radical (unpaired) electrons. The Morgan fingerprint density at radius 3 is 2.29 bits per heavy atom. The van der Waals surface area contributed by atoms with Gasteiger partial charge in [-0.25, -0.2) is 4.68 Å². The molecule has 184 valence electrons. The van der Waals surface area contributed by atoms with Gasteiger partial charge in [0, 0.05) is 29.9 Å². The van der Waals surface area contributed by atoms with E-state index in [0.717, 1.165) is 21.9 Å². The number of aryl methyl sites for hydroxylation is 1. The summed E-state index contributed by atoms with van der Waals surface area (Å²) in [6.07, 6.45) is 1.66. The quantitative estimate of drug-likeness (QED) is 0.375. The van der Waals surface area contributed by atoms with Crippen LogP contribution in [0, 0.1) is 0 Å². The molecule has 0 spiro atoms. The lowest BCUT2D eigenvalue weighted by Gasteiger charge is -2.17. The van der Waals surface area contributed by atoms with Gasteiger partial charge in [-0.1, -0.05) is 18.2 Å². The Hall–Kier alpha value is -4.01. The molecular weight excluding hydrogens is 448 g/mol. The lowest BCUT2D eigenvalue weighted by atomic mass is 10.1. The second kappa shape index (κ2) is 10.5. The van der Waals surface area contributed by atoms with Crippen LogP contribution in [0.1, 0.15) is 26.3 Å². The van der Waals surface area contributed by atoms with Gasteiger partial charge in [-0.2, -0.15) is 5.10 Å². The monoisotopic (exact) mass is 478 g/mol. The molecule has 9 heteroatoms. The van der Waals surface area contributed by atoms with E-state index in [1.165, 1.54) is 4.68 Å². The average Bonchev–Trinajstić information content (AvgIpc) is 3.16. The summed E-state index contributed by atoms with van der Waals surface area (Å²) in [5, 5.41) is 8.71. The largest absolute Gasteiger partial charge is 0.490 e. The van der Waals surface area contributed by atoms with Crippen LogP contribution in [0.25, 0.3) is 21.8 Å². The molecule has 0 aliphatic rings. The smallest absolute Gasteiger partial charge is 0.291 e. The van der Waals surface area contributed by atoms with Crippen LogP contribution < -0.4 is 25.1 Å². The lowest BCUT2D eigenvalue weighted by Crippen LogP contribution is -2.29. The highest BCUT2D eigenvalue weighted by molar-refractivity contribution is 6.07. The van der Waals surface area contributed by atoms with E-state index in [-0.39, 0.29) is 24.6 Å². The zero-order valence-corrected chi connectivity index (χ0v) is 20.5. The minimum atomic E-state index is -0.249. The van der Waals surface area contributed by atoms with Crippen LogP contribution in [0.3, 0.4) is 0 Å². The minimum Gasteiger partial charge on any atom is -0.490 e. The van der Waals surface area contributed by atoms with Gasteiger partial charge in [0.05, 0.1) is 26.0 Å². The van der Waals surface area contributed by atoms with Crippen molar-refractivity contribution in [1.82, 2.24) is 19.7 Å². The van der Waals surface area contributed by atoms with Crippen molar-refractivity contribution >= 4 is 27.7 Å². The van der Waals surface area contributed by atoms with Crippen LogP contribution in [-0.4, -0.2) is 40.1 Å². The van der Waals surface area contributed by atoms with E-state index in [9.17, 15) is 9.59 Å². The number of aromatic nitrogens is 3. The van der Waals surface area contributed by atoms with E-state index < -0.39 is 0 Å². The fraction of sp³-hybridized carbons (Fsp3) is 0.346. The molecule has 0 aliphatic heterocycles. The molecule has 0 bridgehead atoms. The Balaban J connectivity index is 1.61. The van der Waals surface area contributed by atoms with Gasteiger partial charge in [-0.15, -0.1) is 0 Å². The predicted octanol–water partition coefficient (Wildman–Crippen LogP) is 3.40. The molecule has 0 atom stereocenters. The van der Waals surface area contributed by atoms with Crippen molar-refractivity contribution in [1.29, 1.82) is 0 Å². The van der Waals surface area contributed by atoms with Crippen molar-refractivity contribution in [2.75, 3.05) is 19.8 Å². The summed E-state index contributed by atoms with van der Waals surface area (Å²) in [5.41, 5.74) is 1.83. The van der Waals surface area contributed by atoms with E-state index in [4.69, 9.17) is 14.2 Å². The van der Waals surface area contributed by atoms with Gasteiger partial charge in [0.15, 0.2) is 11.5 Å². The van der Waals surface area contributed by atoms with E-state index >= 15 is 0 Å². The van der Waals surface area contributed by atoms with Crippen LogP contribution in [-0.2, 0) is 24.9 Å². The first-order valence-electron chi connectivity index (χ1n) is 11.7. The summed E-state index contributed by atoms with van der Waals surface area (Å²) < 4.78 is 20.3. The van der Waals surface area contributed by atoms with Gasteiger partial charge in [0.1, 0.15) is 12.1 Å². The molecule has 9 nitrogen and oxygen atoms in total. The molecule has 2 aromatic heterocycles. The number of benzene rings is 2. The fourth-order valence-corrected chi connectivity index (χ4v) is 4.15. The molecular formula is C26H30N4O5. The average molecular weight is 479 g/mol. The Morgan fingerprint density at radius 1 is 0.971 bits per heavy atom. The van der Waals surface area contributed by atoms with Gasteiger partial charge in [0.25, 0.3) is 5.56 Å². The fourth-order valence-electron chi connectivity index (χ4n) is 4.15. The SMILES string of the molecule is CCOc1cc(CNC(=O)Cn2c3ccccc3c3cnn(C)c(=O)c32)cc(OCC)c1OCC. The number of nitrogens with one attached hydrogen (secondary N) is 1. The molecule has 4 aromatic rings. The first kappa shape index (κ1) is 24.1. The molecule has 0 fully saturated rings. The third-order valence-corrected chi connectivity index (χ3v) is 5.63. The third kappa shape index (κ3) is 4.80. The van der Waals surface area contributed by atoms with Crippen LogP contribution >= 0.6 is 0 Å². The Labute approximate surface area is 203 Å². The normalized spacial score (nSPS) is 11.1. The maximum absolute atomic E-state index is 13.0. The molecule has 1 amide bonds. The molecule has 0 unspecified atom stereocenters.